The summed E-state index contributed by atoms with van der Waals surface area (Å²) in [4.78, 5) is 36.7. The summed E-state index contributed by atoms with van der Waals surface area (Å²) in [5.74, 6) is 0.632. The predicted octanol–water partition coefficient (Wildman–Crippen LogP) is 3.28. The van der Waals surface area contributed by atoms with E-state index in [4.69, 9.17) is 21.1 Å². The second kappa shape index (κ2) is 10.7. The van der Waals surface area contributed by atoms with Crippen molar-refractivity contribution in [2.75, 3.05) is 31.1 Å². The van der Waals surface area contributed by atoms with Gasteiger partial charge in [-0.05, 0) is 56.9 Å². The predicted molar refractivity (Wildman–Crippen MR) is 124 cm³/mol. The molecule has 2 aromatic rings. The van der Waals surface area contributed by atoms with Crippen molar-refractivity contribution in [1.29, 1.82) is 0 Å². The van der Waals surface area contributed by atoms with Gasteiger partial charge in [0, 0.05) is 24.8 Å². The summed E-state index contributed by atoms with van der Waals surface area (Å²) in [7, 11) is 0. The molecule has 1 aromatic carbocycles. The van der Waals surface area contributed by atoms with E-state index in [-0.39, 0.29) is 30.6 Å². The summed E-state index contributed by atoms with van der Waals surface area (Å²) in [6, 6.07) is 7.65. The minimum absolute atomic E-state index is 0.0159. The van der Waals surface area contributed by atoms with E-state index in [0.29, 0.717) is 30.7 Å². The molecule has 0 unspecified atom stereocenters. The average Bonchev–Trinajstić information content (AvgIpc) is 3.17. The largest absolute Gasteiger partial charge is 0.494 e. The van der Waals surface area contributed by atoms with Crippen molar-refractivity contribution in [3.05, 3.63) is 41.7 Å². The number of amides is 3. The lowest BCUT2D eigenvalue weighted by Crippen LogP contribution is -2.45. The smallest absolute Gasteiger partial charge is 0.325 e. The topological polar surface area (TPSA) is 96.9 Å². The molecule has 0 atom stereocenters. The van der Waals surface area contributed by atoms with Crippen molar-refractivity contribution in [2.45, 2.75) is 44.8 Å². The van der Waals surface area contributed by atoms with Gasteiger partial charge in [-0.15, -0.1) is 0 Å². The molecule has 1 saturated heterocycles. The van der Waals surface area contributed by atoms with E-state index in [1.165, 1.54) is 12.4 Å². The first-order valence-electron chi connectivity index (χ1n) is 11.2. The van der Waals surface area contributed by atoms with Gasteiger partial charge >= 0.3 is 12.0 Å². The van der Waals surface area contributed by atoms with Crippen LogP contribution in [0.2, 0.25) is 5.02 Å². The van der Waals surface area contributed by atoms with Crippen LogP contribution in [0.1, 0.15) is 32.6 Å². The van der Waals surface area contributed by atoms with Crippen LogP contribution in [0.25, 0.3) is 0 Å². The number of halogens is 1. The van der Waals surface area contributed by atoms with E-state index < -0.39 is 0 Å². The second-order valence-corrected chi connectivity index (χ2v) is 8.56. The van der Waals surface area contributed by atoms with Crippen LogP contribution in [-0.2, 0) is 4.79 Å². The zero-order chi connectivity index (χ0) is 23.2. The molecule has 176 valence electrons. The molecule has 1 saturated carbocycles. The van der Waals surface area contributed by atoms with Crippen LogP contribution in [-0.4, -0.2) is 65.2 Å². The zero-order valence-corrected chi connectivity index (χ0v) is 19.3. The quantitative estimate of drug-likeness (QED) is 0.632. The highest BCUT2D eigenvalue weighted by atomic mass is 35.5. The lowest BCUT2D eigenvalue weighted by atomic mass is 9.93. The number of anilines is 1. The first kappa shape index (κ1) is 23.1. The fourth-order valence-electron chi connectivity index (χ4n) is 4.14. The van der Waals surface area contributed by atoms with Crippen molar-refractivity contribution in [1.82, 2.24) is 20.2 Å². The maximum atomic E-state index is 12.8. The van der Waals surface area contributed by atoms with Gasteiger partial charge in [-0.2, -0.15) is 0 Å². The van der Waals surface area contributed by atoms with Crippen molar-refractivity contribution in [2.24, 2.45) is 0 Å². The highest BCUT2D eigenvalue weighted by Gasteiger charge is 2.32. The first-order valence-corrected chi connectivity index (χ1v) is 11.6. The Morgan fingerprint density at radius 2 is 1.82 bits per heavy atom. The fraction of sp³-hybridized carbons (Fsp3) is 0.478. The van der Waals surface area contributed by atoms with Crippen LogP contribution < -0.4 is 19.7 Å². The Kier molecular flexibility index (Phi) is 7.49. The van der Waals surface area contributed by atoms with E-state index in [1.807, 2.05) is 31.2 Å². The number of nitrogens with zero attached hydrogens (tertiary/aromatic N) is 4. The minimum Gasteiger partial charge on any atom is -0.494 e. The van der Waals surface area contributed by atoms with E-state index in [2.05, 4.69) is 15.3 Å². The summed E-state index contributed by atoms with van der Waals surface area (Å²) in [5, 5.41) is 3.53. The highest BCUT2D eigenvalue weighted by Crippen LogP contribution is 2.24. The van der Waals surface area contributed by atoms with E-state index >= 15 is 0 Å². The minimum atomic E-state index is -0.158. The fourth-order valence-corrected chi connectivity index (χ4v) is 4.24. The van der Waals surface area contributed by atoms with Crippen molar-refractivity contribution in [3.8, 4) is 11.8 Å². The molecule has 1 N–H and O–H groups in total. The molecule has 2 aliphatic rings. The summed E-state index contributed by atoms with van der Waals surface area (Å²) >= 11 is 5.79. The van der Waals surface area contributed by atoms with E-state index in [9.17, 15) is 9.59 Å². The number of carbonyl (C=O) groups excluding carboxylic acids is 2. The molecular weight excluding hydrogens is 446 g/mol. The Balaban J connectivity index is 1.21. The Hall–Kier alpha value is -3.07. The number of urea groups is 1. The normalized spacial score (nSPS) is 20.6. The number of benzene rings is 1. The molecule has 4 rings (SSSR count). The van der Waals surface area contributed by atoms with Gasteiger partial charge < -0.3 is 19.7 Å². The third-order valence-electron chi connectivity index (χ3n) is 5.80. The number of ether oxygens (including phenoxy) is 2. The Morgan fingerprint density at radius 3 is 2.48 bits per heavy atom. The van der Waals surface area contributed by atoms with Gasteiger partial charge in [-0.1, -0.05) is 11.6 Å². The van der Waals surface area contributed by atoms with Crippen molar-refractivity contribution in [3.63, 3.8) is 0 Å². The zero-order valence-electron chi connectivity index (χ0n) is 18.6. The third kappa shape index (κ3) is 6.04. The van der Waals surface area contributed by atoms with Gasteiger partial charge in [-0.25, -0.2) is 14.8 Å². The summed E-state index contributed by atoms with van der Waals surface area (Å²) in [6.45, 7) is 3.64. The lowest BCUT2D eigenvalue weighted by molar-refractivity contribution is -0.122. The van der Waals surface area contributed by atoms with Gasteiger partial charge in [0.1, 0.15) is 18.4 Å². The molecule has 1 aliphatic carbocycles. The van der Waals surface area contributed by atoms with Gasteiger partial charge in [-0.3, -0.25) is 9.69 Å². The SMILES string of the molecule is CCOc1ccc(N2CCN(CC(=O)NC3CCC(Oc4ncc(Cl)cn4)CC3)C2=O)cc1. The molecule has 3 amide bonds. The molecule has 0 bridgehead atoms. The monoisotopic (exact) mass is 473 g/mol. The molecule has 1 aromatic heterocycles. The Morgan fingerprint density at radius 1 is 1.12 bits per heavy atom. The van der Waals surface area contributed by atoms with Crippen LogP contribution in [0, 0.1) is 0 Å². The molecule has 10 heteroatoms. The number of nitrogens with one attached hydrogen (secondary N) is 1. The van der Waals surface area contributed by atoms with E-state index in [0.717, 1.165) is 37.1 Å². The number of hydrogen-bond donors (Lipinski definition) is 1. The summed E-state index contributed by atoms with van der Waals surface area (Å²) < 4.78 is 11.3. The van der Waals surface area contributed by atoms with Gasteiger partial charge in [0.15, 0.2) is 0 Å². The Labute approximate surface area is 198 Å². The Bertz CT molecular complexity index is 948. The van der Waals surface area contributed by atoms with Crippen LogP contribution in [0.5, 0.6) is 11.8 Å². The number of hydrogen-bond acceptors (Lipinski definition) is 6. The number of carbonyl (C=O) groups is 2. The molecule has 0 spiro atoms. The van der Waals surface area contributed by atoms with Crippen molar-refractivity contribution >= 4 is 29.2 Å². The molecule has 1 aliphatic heterocycles. The maximum Gasteiger partial charge on any atom is 0.325 e. The van der Waals surface area contributed by atoms with Gasteiger partial charge in [0.2, 0.25) is 5.91 Å². The van der Waals surface area contributed by atoms with E-state index in [1.54, 1.807) is 9.80 Å². The number of rotatable bonds is 8. The molecular formula is C23H28ClN5O4. The standard InChI is InChI=1S/C23H28ClN5O4/c1-2-32-19-9-5-18(6-10-19)29-12-11-28(23(29)31)15-21(30)27-17-3-7-20(8-4-17)33-22-25-13-16(24)14-26-22/h5-6,9-10,13-14,17,20H,2-4,7-8,11-12,15H2,1H3,(H,27,30). The van der Waals surface area contributed by atoms with Crippen molar-refractivity contribution < 1.29 is 19.1 Å². The third-order valence-corrected chi connectivity index (χ3v) is 5.99. The summed E-state index contributed by atoms with van der Waals surface area (Å²) in [5.41, 5.74) is 0.800. The second-order valence-electron chi connectivity index (χ2n) is 8.13. The summed E-state index contributed by atoms with van der Waals surface area (Å²) in [6.07, 6.45) is 6.23. The lowest BCUT2D eigenvalue weighted by Gasteiger charge is -2.29. The molecule has 2 heterocycles. The van der Waals surface area contributed by atoms with Gasteiger partial charge in [0.05, 0.1) is 24.0 Å². The average molecular weight is 474 g/mol. The van der Waals surface area contributed by atoms with Crippen LogP contribution in [0.3, 0.4) is 0 Å². The number of aromatic nitrogens is 2. The van der Waals surface area contributed by atoms with Gasteiger partial charge in [0.25, 0.3) is 0 Å². The first-order chi connectivity index (χ1) is 16.0. The van der Waals surface area contributed by atoms with Crippen LogP contribution >= 0.6 is 11.6 Å². The van der Waals surface area contributed by atoms with Crippen LogP contribution in [0.15, 0.2) is 36.7 Å². The maximum absolute atomic E-state index is 12.8. The van der Waals surface area contributed by atoms with Crippen LogP contribution in [0.4, 0.5) is 10.5 Å². The molecule has 33 heavy (non-hydrogen) atoms. The molecule has 2 fully saturated rings. The molecule has 9 nitrogen and oxygen atoms in total. The highest BCUT2D eigenvalue weighted by molar-refractivity contribution is 6.30. The molecule has 0 radical (unpaired) electrons.